The lowest BCUT2D eigenvalue weighted by Gasteiger charge is -2.11. The van der Waals surface area contributed by atoms with Gasteiger partial charge in [-0.25, -0.2) is 0 Å². The van der Waals surface area contributed by atoms with Crippen molar-refractivity contribution in [2.75, 3.05) is 7.11 Å². The van der Waals surface area contributed by atoms with Gasteiger partial charge in [0.05, 0.1) is 7.11 Å². The van der Waals surface area contributed by atoms with E-state index in [1.54, 1.807) is 7.11 Å². The van der Waals surface area contributed by atoms with E-state index in [2.05, 4.69) is 66.9 Å². The maximum atomic E-state index is 5.44. The molecule has 3 rings (SSSR count). The number of hydrogen-bond acceptors (Lipinski definition) is 1. The van der Waals surface area contributed by atoms with E-state index in [4.69, 9.17) is 4.74 Å². The minimum Gasteiger partial charge on any atom is -0.496 e. The molecule has 0 bridgehead atoms. The van der Waals surface area contributed by atoms with Crippen LogP contribution in [0.15, 0.2) is 48.5 Å². The van der Waals surface area contributed by atoms with Gasteiger partial charge in [0.2, 0.25) is 0 Å². The van der Waals surface area contributed by atoms with Crippen LogP contribution in [0, 0.1) is 6.92 Å². The lowest BCUT2D eigenvalue weighted by Crippen LogP contribution is -2.03. The molecule has 0 saturated heterocycles. The Morgan fingerprint density at radius 2 is 1.81 bits per heavy atom. The van der Waals surface area contributed by atoms with Gasteiger partial charge in [-0.15, -0.1) is 0 Å². The highest BCUT2D eigenvalue weighted by Gasteiger charge is 2.11. The fourth-order valence-electron chi connectivity index (χ4n) is 2.92. The van der Waals surface area contributed by atoms with E-state index in [0.717, 1.165) is 18.7 Å². The first kappa shape index (κ1) is 13.7. The predicted molar refractivity (Wildman–Crippen MR) is 88.1 cm³/mol. The third kappa shape index (κ3) is 2.54. The number of aryl methyl sites for hydroxylation is 2. The maximum absolute atomic E-state index is 5.44. The molecule has 1 heterocycles. The highest BCUT2D eigenvalue weighted by molar-refractivity contribution is 5.84. The van der Waals surface area contributed by atoms with Crippen molar-refractivity contribution in [3.63, 3.8) is 0 Å². The molecule has 0 N–H and O–H groups in total. The lowest BCUT2D eigenvalue weighted by molar-refractivity contribution is 0.412. The Labute approximate surface area is 126 Å². The maximum Gasteiger partial charge on any atom is 0.122 e. The molecule has 0 unspecified atom stereocenters. The number of fused-ring (bicyclic) bond motifs is 1. The topological polar surface area (TPSA) is 14.2 Å². The molecule has 3 aromatic rings. The number of benzene rings is 2. The van der Waals surface area contributed by atoms with Gasteiger partial charge in [-0.1, -0.05) is 37.3 Å². The molecule has 0 aliphatic heterocycles. The molecule has 1 aromatic heterocycles. The number of methoxy groups -OCH3 is 1. The van der Waals surface area contributed by atoms with E-state index >= 15 is 0 Å². The van der Waals surface area contributed by atoms with Crippen LogP contribution in [-0.2, 0) is 13.0 Å². The van der Waals surface area contributed by atoms with E-state index in [0.29, 0.717) is 0 Å². The van der Waals surface area contributed by atoms with Crippen LogP contribution < -0.4 is 4.74 Å². The average Bonchev–Trinajstić information content (AvgIpc) is 2.84. The van der Waals surface area contributed by atoms with Gasteiger partial charge in [0.25, 0.3) is 0 Å². The van der Waals surface area contributed by atoms with Crippen LogP contribution in [0.1, 0.15) is 23.7 Å². The van der Waals surface area contributed by atoms with Crippen molar-refractivity contribution in [1.29, 1.82) is 0 Å². The molecule has 2 aromatic carbocycles. The van der Waals surface area contributed by atoms with Crippen molar-refractivity contribution in [2.45, 2.75) is 26.8 Å². The van der Waals surface area contributed by atoms with Crippen LogP contribution >= 0.6 is 0 Å². The number of hydrogen-bond donors (Lipinski definition) is 0. The molecule has 0 spiro atoms. The van der Waals surface area contributed by atoms with Crippen molar-refractivity contribution < 1.29 is 4.74 Å². The summed E-state index contributed by atoms with van der Waals surface area (Å²) in [5.41, 5.74) is 5.16. The summed E-state index contributed by atoms with van der Waals surface area (Å²) in [7, 11) is 1.73. The van der Waals surface area contributed by atoms with Gasteiger partial charge in [-0.2, -0.15) is 0 Å². The highest BCUT2D eigenvalue weighted by atomic mass is 16.5. The Bertz CT molecular complexity index is 756. The molecule has 108 valence electrons. The monoisotopic (exact) mass is 279 g/mol. The first-order valence-corrected chi connectivity index (χ1v) is 7.43. The number of nitrogens with zero attached hydrogens (tertiary/aromatic N) is 1. The zero-order valence-corrected chi connectivity index (χ0v) is 12.9. The van der Waals surface area contributed by atoms with Gasteiger partial charge >= 0.3 is 0 Å². The molecule has 0 amide bonds. The average molecular weight is 279 g/mol. The van der Waals surface area contributed by atoms with Crippen LogP contribution in [0.4, 0.5) is 0 Å². The van der Waals surface area contributed by atoms with Crippen molar-refractivity contribution in [3.05, 3.63) is 65.4 Å². The molecular weight excluding hydrogens is 258 g/mol. The van der Waals surface area contributed by atoms with Gasteiger partial charge in [0, 0.05) is 23.1 Å². The fraction of sp³-hybridized carbons (Fsp3) is 0.263. The minimum atomic E-state index is 0.916. The first-order chi connectivity index (χ1) is 10.2. The van der Waals surface area contributed by atoms with Gasteiger partial charge in [-0.3, -0.25) is 0 Å². The standard InChI is InChI=1S/C19H21NO/c1-4-17-11-16-12-19(21-3)14(2)10-18(16)20(17)13-15-8-6-5-7-9-15/h5-12H,4,13H2,1-3H3. The fourth-order valence-corrected chi connectivity index (χ4v) is 2.92. The normalized spacial score (nSPS) is 11.0. The van der Waals surface area contributed by atoms with Crippen LogP contribution in [0.2, 0.25) is 0 Å². The Kier molecular flexibility index (Phi) is 3.70. The summed E-state index contributed by atoms with van der Waals surface area (Å²) < 4.78 is 7.86. The molecule has 0 aliphatic carbocycles. The largest absolute Gasteiger partial charge is 0.496 e. The van der Waals surface area contributed by atoms with E-state index in [-0.39, 0.29) is 0 Å². The molecule has 0 radical (unpaired) electrons. The van der Waals surface area contributed by atoms with Crippen LogP contribution in [0.5, 0.6) is 5.75 Å². The van der Waals surface area contributed by atoms with Gasteiger partial charge < -0.3 is 9.30 Å². The lowest BCUT2D eigenvalue weighted by atomic mass is 10.1. The molecular formula is C19H21NO. The zero-order valence-electron chi connectivity index (χ0n) is 12.9. The minimum absolute atomic E-state index is 0.916. The summed E-state index contributed by atoms with van der Waals surface area (Å²) >= 11 is 0. The Hall–Kier alpha value is -2.22. The highest BCUT2D eigenvalue weighted by Crippen LogP contribution is 2.29. The van der Waals surface area contributed by atoms with E-state index in [1.165, 1.54) is 27.7 Å². The van der Waals surface area contributed by atoms with Crippen molar-refractivity contribution in [1.82, 2.24) is 4.57 Å². The molecule has 0 saturated carbocycles. The third-order valence-electron chi connectivity index (χ3n) is 4.05. The third-order valence-corrected chi connectivity index (χ3v) is 4.05. The molecule has 0 atom stereocenters. The summed E-state index contributed by atoms with van der Waals surface area (Å²) in [5.74, 6) is 0.960. The second-order valence-electron chi connectivity index (χ2n) is 5.44. The van der Waals surface area contributed by atoms with Gasteiger partial charge in [-0.05, 0) is 42.7 Å². The molecule has 2 nitrogen and oxygen atoms in total. The van der Waals surface area contributed by atoms with E-state index in [9.17, 15) is 0 Å². The summed E-state index contributed by atoms with van der Waals surface area (Å²) in [6.45, 7) is 5.23. The van der Waals surface area contributed by atoms with Crippen molar-refractivity contribution in [2.24, 2.45) is 0 Å². The second-order valence-corrected chi connectivity index (χ2v) is 5.44. The van der Waals surface area contributed by atoms with Crippen LogP contribution in [0.25, 0.3) is 10.9 Å². The summed E-state index contributed by atoms with van der Waals surface area (Å²) in [5, 5.41) is 1.25. The van der Waals surface area contributed by atoms with Crippen molar-refractivity contribution in [3.8, 4) is 5.75 Å². The molecule has 2 heteroatoms. The Balaban J connectivity index is 2.13. The molecule has 21 heavy (non-hydrogen) atoms. The predicted octanol–water partition coefficient (Wildman–Crippen LogP) is 4.57. The smallest absolute Gasteiger partial charge is 0.122 e. The molecule has 0 fully saturated rings. The van der Waals surface area contributed by atoms with Crippen LogP contribution in [0.3, 0.4) is 0 Å². The van der Waals surface area contributed by atoms with Gasteiger partial charge in [0.1, 0.15) is 5.75 Å². The van der Waals surface area contributed by atoms with Crippen molar-refractivity contribution >= 4 is 10.9 Å². The molecule has 0 aliphatic rings. The quantitative estimate of drug-likeness (QED) is 0.682. The summed E-state index contributed by atoms with van der Waals surface area (Å²) in [6.07, 6.45) is 1.03. The van der Waals surface area contributed by atoms with Gasteiger partial charge in [0.15, 0.2) is 0 Å². The van der Waals surface area contributed by atoms with E-state index in [1.807, 2.05) is 0 Å². The first-order valence-electron chi connectivity index (χ1n) is 7.43. The second kappa shape index (κ2) is 5.65. The van der Waals surface area contributed by atoms with Crippen LogP contribution in [-0.4, -0.2) is 11.7 Å². The SMILES string of the molecule is CCc1cc2cc(OC)c(C)cc2n1Cc1ccccc1. The number of aromatic nitrogens is 1. The van der Waals surface area contributed by atoms with E-state index < -0.39 is 0 Å². The summed E-state index contributed by atoms with van der Waals surface area (Å²) in [4.78, 5) is 0. The Morgan fingerprint density at radius 3 is 2.48 bits per heavy atom. The summed E-state index contributed by atoms with van der Waals surface area (Å²) in [6, 6.07) is 17.3. The Morgan fingerprint density at radius 1 is 1.05 bits per heavy atom. The number of rotatable bonds is 4. The zero-order chi connectivity index (χ0) is 14.8. The number of ether oxygens (including phenoxy) is 1.